The van der Waals surface area contributed by atoms with Crippen molar-refractivity contribution in [2.24, 2.45) is 5.92 Å². The van der Waals surface area contributed by atoms with Gasteiger partial charge in [-0.1, -0.05) is 13.8 Å². The maximum atomic E-state index is 13.7. The number of anilines is 1. The lowest BCUT2D eigenvalue weighted by Gasteiger charge is -2.29. The molecule has 0 unspecified atom stereocenters. The third-order valence-corrected chi connectivity index (χ3v) is 7.38. The van der Waals surface area contributed by atoms with Crippen LogP contribution >= 0.6 is 0 Å². The SMILES string of the molecule is CC(C)C[C@H](NC(=O)c1ccc(N(C)C)cc1)C(=O)N1CC[C@@H]2[C@H]1C(=O)CN2C(=O)c1ccc(C(F)(F)F)cc1. The molecular formula is C29H33F3N4O4. The zero-order valence-corrected chi connectivity index (χ0v) is 22.9. The summed E-state index contributed by atoms with van der Waals surface area (Å²) < 4.78 is 38.8. The molecule has 1 N–H and O–H groups in total. The average Bonchev–Trinajstić information content (AvgIpc) is 3.48. The van der Waals surface area contributed by atoms with Gasteiger partial charge in [0, 0.05) is 37.5 Å². The van der Waals surface area contributed by atoms with Crippen molar-refractivity contribution in [1.29, 1.82) is 0 Å². The Morgan fingerprint density at radius 1 is 0.975 bits per heavy atom. The summed E-state index contributed by atoms with van der Waals surface area (Å²) in [5.41, 5.74) is 0.488. The van der Waals surface area contributed by atoms with E-state index in [1.807, 2.05) is 32.8 Å². The first kappa shape index (κ1) is 29.1. The van der Waals surface area contributed by atoms with E-state index in [2.05, 4.69) is 5.32 Å². The van der Waals surface area contributed by atoms with E-state index in [0.29, 0.717) is 18.4 Å². The van der Waals surface area contributed by atoms with Gasteiger partial charge in [-0.05, 0) is 67.3 Å². The maximum Gasteiger partial charge on any atom is 0.416 e. The Bertz CT molecular complexity index is 1280. The number of halogens is 3. The molecule has 2 saturated heterocycles. The number of hydrogen-bond donors (Lipinski definition) is 1. The standard InChI is InChI=1S/C29H33F3N4O4/c1-17(2)15-22(33-26(38)18-7-11-21(12-8-18)34(3)4)28(40)35-14-13-23-25(35)24(37)16-36(23)27(39)19-5-9-20(10-6-19)29(30,31)32/h5-12,17,22-23,25H,13-16H2,1-4H3,(H,33,38)/t22-,23+,25-/m0/s1. The number of carbonyl (C=O) groups excluding carboxylic acids is 4. The van der Waals surface area contributed by atoms with Gasteiger partial charge in [-0.2, -0.15) is 13.2 Å². The lowest BCUT2D eigenvalue weighted by atomic mass is 10.0. The molecule has 4 rings (SSSR count). The van der Waals surface area contributed by atoms with Crippen LogP contribution < -0.4 is 10.2 Å². The van der Waals surface area contributed by atoms with Gasteiger partial charge in [0.1, 0.15) is 12.1 Å². The molecule has 0 aromatic heterocycles. The van der Waals surface area contributed by atoms with Crippen molar-refractivity contribution in [3.05, 3.63) is 65.2 Å². The molecule has 8 nitrogen and oxygen atoms in total. The van der Waals surface area contributed by atoms with E-state index in [-0.39, 0.29) is 30.4 Å². The molecular weight excluding hydrogens is 525 g/mol. The Kier molecular flexibility index (Phi) is 8.23. The van der Waals surface area contributed by atoms with E-state index < -0.39 is 47.6 Å². The molecule has 0 spiro atoms. The summed E-state index contributed by atoms with van der Waals surface area (Å²) in [6.07, 6.45) is -3.82. The van der Waals surface area contributed by atoms with Crippen molar-refractivity contribution >= 4 is 29.2 Å². The number of nitrogens with one attached hydrogen (secondary N) is 1. The van der Waals surface area contributed by atoms with Gasteiger partial charge < -0.3 is 20.0 Å². The summed E-state index contributed by atoms with van der Waals surface area (Å²) >= 11 is 0. The monoisotopic (exact) mass is 558 g/mol. The zero-order valence-electron chi connectivity index (χ0n) is 22.9. The van der Waals surface area contributed by atoms with Gasteiger partial charge in [0.25, 0.3) is 11.8 Å². The van der Waals surface area contributed by atoms with Crippen molar-refractivity contribution in [1.82, 2.24) is 15.1 Å². The summed E-state index contributed by atoms with van der Waals surface area (Å²) in [5, 5.41) is 2.83. The number of Topliss-reactive ketones (excluding diaryl/α,β-unsaturated/α-hetero) is 1. The Morgan fingerprint density at radius 2 is 1.57 bits per heavy atom. The fraction of sp³-hybridized carbons (Fsp3) is 0.448. The molecule has 214 valence electrons. The zero-order chi connectivity index (χ0) is 29.4. The summed E-state index contributed by atoms with van der Waals surface area (Å²) in [7, 11) is 3.77. The minimum absolute atomic E-state index is 0.0384. The van der Waals surface area contributed by atoms with E-state index >= 15 is 0 Å². The maximum absolute atomic E-state index is 13.7. The fourth-order valence-electron chi connectivity index (χ4n) is 5.35. The van der Waals surface area contributed by atoms with Crippen LogP contribution in [0.15, 0.2) is 48.5 Å². The second-order valence-corrected chi connectivity index (χ2v) is 10.9. The Hall–Kier alpha value is -3.89. The molecule has 0 aliphatic carbocycles. The fourth-order valence-corrected chi connectivity index (χ4v) is 5.35. The van der Waals surface area contributed by atoms with E-state index in [9.17, 15) is 32.3 Å². The molecule has 3 atom stereocenters. The third-order valence-electron chi connectivity index (χ3n) is 7.38. The minimum Gasteiger partial charge on any atom is -0.378 e. The number of nitrogens with zero attached hydrogens (tertiary/aromatic N) is 3. The predicted octanol–water partition coefficient (Wildman–Crippen LogP) is 3.61. The Balaban J connectivity index is 1.49. The minimum atomic E-state index is -4.53. The molecule has 2 aliphatic heterocycles. The highest BCUT2D eigenvalue weighted by molar-refractivity contribution is 6.03. The second kappa shape index (κ2) is 11.3. The van der Waals surface area contributed by atoms with Gasteiger partial charge in [-0.25, -0.2) is 0 Å². The smallest absolute Gasteiger partial charge is 0.378 e. The molecule has 0 bridgehead atoms. The van der Waals surface area contributed by atoms with Crippen molar-refractivity contribution in [2.45, 2.75) is 51.0 Å². The Labute approximate surface area is 231 Å². The highest BCUT2D eigenvalue weighted by atomic mass is 19.4. The molecule has 2 heterocycles. The summed E-state index contributed by atoms with van der Waals surface area (Å²) in [6, 6.07) is 8.51. The lowest BCUT2D eigenvalue weighted by Crippen LogP contribution is -2.53. The van der Waals surface area contributed by atoms with Crippen LogP contribution in [-0.4, -0.2) is 78.6 Å². The van der Waals surface area contributed by atoms with Crippen LogP contribution in [-0.2, 0) is 15.8 Å². The number of amides is 3. The van der Waals surface area contributed by atoms with Gasteiger partial charge in [-0.15, -0.1) is 0 Å². The van der Waals surface area contributed by atoms with Gasteiger partial charge in [0.2, 0.25) is 5.91 Å². The summed E-state index contributed by atoms with van der Waals surface area (Å²) in [6.45, 7) is 3.84. The van der Waals surface area contributed by atoms with E-state index in [4.69, 9.17) is 0 Å². The number of rotatable bonds is 7. The highest BCUT2D eigenvalue weighted by Gasteiger charge is 2.52. The van der Waals surface area contributed by atoms with Crippen molar-refractivity contribution in [3.63, 3.8) is 0 Å². The highest BCUT2D eigenvalue weighted by Crippen LogP contribution is 2.33. The number of fused-ring (bicyclic) bond motifs is 1. The normalized spacial score (nSPS) is 19.6. The predicted molar refractivity (Wildman–Crippen MR) is 143 cm³/mol. The van der Waals surface area contributed by atoms with Gasteiger partial charge in [0.05, 0.1) is 18.2 Å². The van der Waals surface area contributed by atoms with Crippen LogP contribution in [0.3, 0.4) is 0 Å². The molecule has 0 saturated carbocycles. The van der Waals surface area contributed by atoms with Crippen LogP contribution in [0.5, 0.6) is 0 Å². The first-order valence-electron chi connectivity index (χ1n) is 13.2. The molecule has 2 aromatic rings. The van der Waals surface area contributed by atoms with Crippen LogP contribution in [0.4, 0.5) is 18.9 Å². The first-order valence-corrected chi connectivity index (χ1v) is 13.2. The van der Waals surface area contributed by atoms with Gasteiger partial charge in [-0.3, -0.25) is 19.2 Å². The van der Waals surface area contributed by atoms with Gasteiger partial charge in [0.15, 0.2) is 5.78 Å². The quantitative estimate of drug-likeness (QED) is 0.561. The molecule has 3 amide bonds. The number of carbonyl (C=O) groups is 4. The van der Waals surface area contributed by atoms with Crippen LogP contribution in [0, 0.1) is 5.92 Å². The molecule has 2 fully saturated rings. The molecule has 40 heavy (non-hydrogen) atoms. The number of benzene rings is 2. The number of alkyl halides is 3. The summed E-state index contributed by atoms with van der Waals surface area (Å²) in [4.78, 5) is 57.6. The number of hydrogen-bond acceptors (Lipinski definition) is 5. The number of ketones is 1. The largest absolute Gasteiger partial charge is 0.416 e. The van der Waals surface area contributed by atoms with Crippen molar-refractivity contribution in [3.8, 4) is 0 Å². The van der Waals surface area contributed by atoms with Gasteiger partial charge >= 0.3 is 6.18 Å². The van der Waals surface area contributed by atoms with E-state index in [1.54, 1.807) is 24.3 Å². The van der Waals surface area contributed by atoms with E-state index in [1.165, 1.54) is 9.80 Å². The second-order valence-electron chi connectivity index (χ2n) is 10.9. The first-order chi connectivity index (χ1) is 18.8. The molecule has 11 heteroatoms. The van der Waals surface area contributed by atoms with Crippen molar-refractivity contribution in [2.75, 3.05) is 32.1 Å². The summed E-state index contributed by atoms with van der Waals surface area (Å²) in [5.74, 6) is -1.60. The van der Waals surface area contributed by atoms with Crippen LogP contribution in [0.2, 0.25) is 0 Å². The molecule has 2 aromatic carbocycles. The number of likely N-dealkylation sites (tertiary alicyclic amines) is 2. The third kappa shape index (κ3) is 5.97. The van der Waals surface area contributed by atoms with Crippen molar-refractivity contribution < 1.29 is 32.3 Å². The van der Waals surface area contributed by atoms with Crippen LogP contribution in [0.25, 0.3) is 0 Å². The lowest BCUT2D eigenvalue weighted by molar-refractivity contribution is -0.138. The van der Waals surface area contributed by atoms with E-state index in [0.717, 1.165) is 30.0 Å². The topological polar surface area (TPSA) is 90.0 Å². The van der Waals surface area contributed by atoms with Crippen LogP contribution in [0.1, 0.15) is 53.0 Å². The Morgan fingerprint density at radius 3 is 2.12 bits per heavy atom. The molecule has 2 aliphatic rings. The molecule has 0 radical (unpaired) electrons. The average molecular weight is 559 g/mol.